The molecule has 4 aliphatic carbocycles. The van der Waals surface area contributed by atoms with Gasteiger partial charge in [-0.05, 0) is 99.2 Å². The molecule has 2 fully saturated rings. The van der Waals surface area contributed by atoms with E-state index in [1.165, 1.54) is 108 Å². The van der Waals surface area contributed by atoms with E-state index in [1.54, 1.807) is 16.7 Å². The van der Waals surface area contributed by atoms with Crippen LogP contribution in [0.25, 0.3) is 0 Å². The lowest BCUT2D eigenvalue weighted by Crippen LogP contribution is -2.45. The summed E-state index contributed by atoms with van der Waals surface area (Å²) in [6.07, 6.45) is 29.7. The number of allylic oxidation sites excluding steroid dienone is 7. The molecule has 0 aromatic carbocycles. The third kappa shape index (κ3) is 9.91. The van der Waals surface area contributed by atoms with Crippen molar-refractivity contribution >= 4 is 0 Å². The van der Waals surface area contributed by atoms with Crippen LogP contribution in [0.4, 0.5) is 0 Å². The van der Waals surface area contributed by atoms with Crippen LogP contribution >= 0.6 is 0 Å². The van der Waals surface area contributed by atoms with Crippen molar-refractivity contribution in [1.29, 1.82) is 0 Å². The maximum Gasteiger partial charge on any atom is -0.0103 e. The second kappa shape index (κ2) is 19.0. The van der Waals surface area contributed by atoms with Crippen LogP contribution in [0.2, 0.25) is 0 Å². The summed E-state index contributed by atoms with van der Waals surface area (Å²) >= 11 is 0. The van der Waals surface area contributed by atoms with Gasteiger partial charge in [0.1, 0.15) is 0 Å². The Bertz CT molecular complexity index is 821. The SMILES string of the molecule is C=C(CCCCCCCC)CC1=CCC2C(C1)C(=C)C1C(C)C(C)C=C3CCC2C31.C=CCCCCC.CCC. The van der Waals surface area contributed by atoms with E-state index in [0.717, 1.165) is 47.8 Å². The Hall–Kier alpha value is -1.30. The third-order valence-electron chi connectivity index (χ3n) is 10.4. The van der Waals surface area contributed by atoms with Crippen LogP contribution in [0.1, 0.15) is 151 Å². The minimum absolute atomic E-state index is 0.726. The van der Waals surface area contributed by atoms with Crippen molar-refractivity contribution in [3.63, 3.8) is 0 Å². The van der Waals surface area contributed by atoms with Crippen molar-refractivity contribution in [2.45, 2.75) is 151 Å². The quantitative estimate of drug-likeness (QED) is 0.158. The van der Waals surface area contributed by atoms with Crippen LogP contribution in [-0.4, -0.2) is 0 Å². The summed E-state index contributed by atoms with van der Waals surface area (Å²) in [6, 6.07) is 0. The molecular formula is C40H68. The Morgan fingerprint density at radius 3 is 2.23 bits per heavy atom. The molecule has 0 aromatic heterocycles. The molecule has 40 heavy (non-hydrogen) atoms. The van der Waals surface area contributed by atoms with Gasteiger partial charge >= 0.3 is 0 Å². The smallest absolute Gasteiger partial charge is 0.0103 e. The first-order valence-electron chi connectivity index (χ1n) is 17.7. The van der Waals surface area contributed by atoms with Gasteiger partial charge in [0.15, 0.2) is 0 Å². The largest absolute Gasteiger partial charge is 0.103 e. The Kier molecular flexibility index (Phi) is 16.6. The van der Waals surface area contributed by atoms with Crippen molar-refractivity contribution in [2.75, 3.05) is 0 Å². The van der Waals surface area contributed by atoms with Crippen molar-refractivity contribution in [3.8, 4) is 0 Å². The number of rotatable bonds is 13. The zero-order valence-electron chi connectivity index (χ0n) is 27.9. The first kappa shape index (κ1) is 34.9. The Balaban J connectivity index is 0.000000483. The van der Waals surface area contributed by atoms with Gasteiger partial charge in [-0.15, -0.1) is 6.58 Å². The van der Waals surface area contributed by atoms with E-state index in [1.807, 2.05) is 6.08 Å². The molecular weight excluding hydrogens is 480 g/mol. The van der Waals surface area contributed by atoms with Crippen LogP contribution in [0, 0.1) is 41.4 Å². The summed E-state index contributed by atoms with van der Waals surface area (Å²) in [5, 5.41) is 0. The molecule has 0 saturated heterocycles. The summed E-state index contributed by atoms with van der Waals surface area (Å²) in [4.78, 5) is 0. The van der Waals surface area contributed by atoms with Gasteiger partial charge in [-0.25, -0.2) is 0 Å². The monoisotopic (exact) mass is 549 g/mol. The van der Waals surface area contributed by atoms with Gasteiger partial charge in [0.05, 0.1) is 0 Å². The zero-order chi connectivity index (χ0) is 29.5. The Morgan fingerprint density at radius 1 is 0.900 bits per heavy atom. The first-order chi connectivity index (χ1) is 19.3. The topological polar surface area (TPSA) is 0 Å². The van der Waals surface area contributed by atoms with E-state index in [9.17, 15) is 0 Å². The zero-order valence-corrected chi connectivity index (χ0v) is 27.9. The highest BCUT2D eigenvalue weighted by Gasteiger charge is 2.53. The average molecular weight is 549 g/mol. The second-order valence-electron chi connectivity index (χ2n) is 13.8. The van der Waals surface area contributed by atoms with Gasteiger partial charge < -0.3 is 0 Å². The summed E-state index contributed by atoms with van der Waals surface area (Å²) in [5.41, 5.74) is 6.58. The number of unbranched alkanes of at least 4 members (excludes halogenated alkanes) is 8. The minimum atomic E-state index is 0.726. The van der Waals surface area contributed by atoms with Gasteiger partial charge in [-0.1, -0.05) is 147 Å². The fraction of sp³-hybridized carbons (Fsp3) is 0.750. The van der Waals surface area contributed by atoms with Crippen molar-refractivity contribution in [3.05, 3.63) is 60.3 Å². The van der Waals surface area contributed by atoms with E-state index in [-0.39, 0.29) is 0 Å². The highest BCUT2D eigenvalue weighted by Crippen LogP contribution is 2.62. The molecule has 0 amide bonds. The van der Waals surface area contributed by atoms with E-state index in [4.69, 9.17) is 6.58 Å². The van der Waals surface area contributed by atoms with Crippen LogP contribution in [0.3, 0.4) is 0 Å². The Morgan fingerprint density at radius 2 is 1.55 bits per heavy atom. The molecule has 0 radical (unpaired) electrons. The molecule has 0 heterocycles. The molecule has 0 aromatic rings. The Labute approximate surface area is 252 Å². The average Bonchev–Trinajstić information content (AvgIpc) is 3.35. The first-order valence-corrected chi connectivity index (χ1v) is 17.7. The van der Waals surface area contributed by atoms with E-state index in [2.05, 4.69) is 66.9 Å². The molecule has 2 saturated carbocycles. The summed E-state index contributed by atoms with van der Waals surface area (Å²) in [6.45, 7) is 26.6. The van der Waals surface area contributed by atoms with E-state index in [0.29, 0.717) is 0 Å². The third-order valence-corrected chi connectivity index (χ3v) is 10.4. The minimum Gasteiger partial charge on any atom is -0.103 e. The fourth-order valence-electron chi connectivity index (χ4n) is 8.20. The summed E-state index contributed by atoms with van der Waals surface area (Å²) in [5.74, 6) is 5.61. The number of fused-ring (bicyclic) bond motifs is 2. The standard InChI is InChI=1S/C30H46.C7H14.C3H8/c1-6-7-8-9-10-11-12-20(2)17-24-13-15-26-27-16-14-25-18-21(3)22(4)29(30(25)27)23(5)28(26)19-24;1-3-5-7-6-4-2;1-3-2/h13,18,21-22,26-30H,2,5-12,14-17,19H2,1,3-4H3;3H,1,4-7H2,2H3;3H2,1-2H3. The van der Waals surface area contributed by atoms with Gasteiger partial charge in [0, 0.05) is 0 Å². The lowest BCUT2D eigenvalue weighted by Gasteiger charge is -2.53. The maximum atomic E-state index is 4.79. The predicted molar refractivity (Wildman–Crippen MR) is 182 cm³/mol. The number of hydrogen-bond donors (Lipinski definition) is 0. The van der Waals surface area contributed by atoms with Gasteiger partial charge in [0.25, 0.3) is 0 Å². The molecule has 0 bridgehead atoms. The van der Waals surface area contributed by atoms with Crippen molar-refractivity contribution < 1.29 is 0 Å². The fourth-order valence-corrected chi connectivity index (χ4v) is 8.20. The summed E-state index contributed by atoms with van der Waals surface area (Å²) < 4.78 is 0. The molecule has 7 unspecified atom stereocenters. The number of hydrogen-bond acceptors (Lipinski definition) is 0. The van der Waals surface area contributed by atoms with E-state index < -0.39 is 0 Å². The van der Waals surface area contributed by atoms with E-state index >= 15 is 0 Å². The molecule has 0 spiro atoms. The predicted octanol–water partition coefficient (Wildman–Crippen LogP) is 13.2. The van der Waals surface area contributed by atoms with Crippen LogP contribution in [-0.2, 0) is 0 Å². The highest BCUT2D eigenvalue weighted by atomic mass is 14.6. The van der Waals surface area contributed by atoms with Gasteiger partial charge in [0.2, 0.25) is 0 Å². The molecule has 4 aliphatic rings. The van der Waals surface area contributed by atoms with Crippen LogP contribution in [0.5, 0.6) is 0 Å². The van der Waals surface area contributed by atoms with Crippen LogP contribution in [0.15, 0.2) is 60.3 Å². The molecule has 4 rings (SSSR count). The molecule has 0 nitrogen and oxygen atoms in total. The molecule has 228 valence electrons. The molecule has 0 aliphatic heterocycles. The van der Waals surface area contributed by atoms with Gasteiger partial charge in [-0.3, -0.25) is 0 Å². The second-order valence-corrected chi connectivity index (χ2v) is 13.8. The van der Waals surface area contributed by atoms with Crippen molar-refractivity contribution in [2.24, 2.45) is 41.4 Å². The van der Waals surface area contributed by atoms with Gasteiger partial charge in [-0.2, -0.15) is 0 Å². The molecule has 0 heteroatoms. The highest BCUT2D eigenvalue weighted by molar-refractivity contribution is 5.34. The lowest BCUT2D eigenvalue weighted by atomic mass is 9.52. The maximum absolute atomic E-state index is 4.79. The lowest BCUT2D eigenvalue weighted by molar-refractivity contribution is 0.0788. The molecule has 7 atom stereocenters. The molecule has 0 N–H and O–H groups in total. The van der Waals surface area contributed by atoms with Crippen molar-refractivity contribution in [1.82, 2.24) is 0 Å². The van der Waals surface area contributed by atoms with Crippen LogP contribution < -0.4 is 0 Å². The normalized spacial score (nSPS) is 29.9. The summed E-state index contributed by atoms with van der Waals surface area (Å²) in [7, 11) is 0.